The van der Waals surface area contributed by atoms with Gasteiger partial charge in [-0.05, 0) is 41.4 Å². The van der Waals surface area contributed by atoms with E-state index in [2.05, 4.69) is 40.3 Å². The molecule has 0 saturated carbocycles. The van der Waals surface area contributed by atoms with Gasteiger partial charge in [-0.15, -0.1) is 11.3 Å². The van der Waals surface area contributed by atoms with Crippen LogP contribution in [0.5, 0.6) is 0 Å². The Morgan fingerprint density at radius 2 is 2.06 bits per heavy atom. The number of methoxy groups -OCH3 is 2. The van der Waals surface area contributed by atoms with Crippen LogP contribution in [0.4, 0.5) is 0 Å². The van der Waals surface area contributed by atoms with Gasteiger partial charge in [0, 0.05) is 25.6 Å². The number of thiophene rings is 1. The number of rotatable bonds is 7. The summed E-state index contributed by atoms with van der Waals surface area (Å²) >= 11 is 5.23. The minimum Gasteiger partial charge on any atom is -0.354 e. The van der Waals surface area contributed by atoms with Crippen molar-refractivity contribution in [2.75, 3.05) is 20.8 Å². The maximum absolute atomic E-state index is 5.18. The fourth-order valence-electron chi connectivity index (χ4n) is 1.51. The molecule has 0 aliphatic carbocycles. The van der Waals surface area contributed by atoms with Gasteiger partial charge >= 0.3 is 0 Å². The van der Waals surface area contributed by atoms with Crippen molar-refractivity contribution in [2.45, 2.75) is 25.7 Å². The van der Waals surface area contributed by atoms with E-state index in [1.165, 1.54) is 8.66 Å². The van der Waals surface area contributed by atoms with Gasteiger partial charge in [-0.25, -0.2) is 0 Å². The molecule has 1 aromatic heterocycles. The first-order chi connectivity index (χ1) is 7.67. The summed E-state index contributed by atoms with van der Waals surface area (Å²) in [6.07, 6.45) is 0.843. The minimum atomic E-state index is -0.185. The van der Waals surface area contributed by atoms with E-state index in [1.807, 2.05) is 0 Å². The number of nitrogens with one attached hydrogen (secondary N) is 1. The van der Waals surface area contributed by atoms with Crippen molar-refractivity contribution in [3.63, 3.8) is 0 Å². The van der Waals surface area contributed by atoms with Crippen molar-refractivity contribution in [3.05, 3.63) is 20.8 Å². The molecule has 16 heavy (non-hydrogen) atoms. The van der Waals surface area contributed by atoms with Crippen molar-refractivity contribution >= 4 is 27.3 Å². The lowest BCUT2D eigenvalue weighted by molar-refractivity contribution is -0.119. The smallest absolute Gasteiger partial charge is 0.171 e. The predicted octanol–water partition coefficient (Wildman–Crippen LogP) is 2.65. The average Bonchev–Trinajstić information content (AvgIpc) is 2.66. The van der Waals surface area contributed by atoms with Crippen LogP contribution in [-0.2, 0) is 15.9 Å². The molecule has 0 amide bonds. The Morgan fingerprint density at radius 1 is 1.38 bits per heavy atom. The van der Waals surface area contributed by atoms with Gasteiger partial charge in [-0.2, -0.15) is 0 Å². The van der Waals surface area contributed by atoms with Gasteiger partial charge in [0.1, 0.15) is 0 Å². The van der Waals surface area contributed by atoms with E-state index in [9.17, 15) is 0 Å². The Bertz CT molecular complexity index is 302. The topological polar surface area (TPSA) is 30.5 Å². The molecule has 0 aromatic carbocycles. The highest BCUT2D eigenvalue weighted by Gasteiger charge is 2.14. The summed E-state index contributed by atoms with van der Waals surface area (Å²) in [5.41, 5.74) is 0. The highest BCUT2D eigenvalue weighted by atomic mass is 79.9. The average molecular weight is 308 g/mol. The standard InChI is InChI=1S/C11H18BrNO2S/c1-8(11(14-2)15-3)13-7-6-9-4-5-10(12)16-9/h4-5,8,11,13H,6-7H2,1-3H3. The van der Waals surface area contributed by atoms with E-state index in [4.69, 9.17) is 9.47 Å². The van der Waals surface area contributed by atoms with E-state index in [0.717, 1.165) is 13.0 Å². The van der Waals surface area contributed by atoms with Gasteiger partial charge in [-0.1, -0.05) is 0 Å². The summed E-state index contributed by atoms with van der Waals surface area (Å²) < 4.78 is 11.5. The van der Waals surface area contributed by atoms with Crippen molar-refractivity contribution in [1.82, 2.24) is 5.32 Å². The second kappa shape index (κ2) is 7.40. The molecule has 0 spiro atoms. The molecular weight excluding hydrogens is 290 g/mol. The summed E-state index contributed by atoms with van der Waals surface area (Å²) in [5, 5.41) is 3.38. The summed E-state index contributed by atoms with van der Waals surface area (Å²) in [5.74, 6) is 0. The molecule has 1 atom stereocenters. The van der Waals surface area contributed by atoms with Crippen molar-refractivity contribution < 1.29 is 9.47 Å². The Morgan fingerprint density at radius 3 is 2.56 bits per heavy atom. The van der Waals surface area contributed by atoms with Crippen LogP contribution in [0.2, 0.25) is 0 Å². The first-order valence-electron chi connectivity index (χ1n) is 5.20. The number of ether oxygens (including phenoxy) is 2. The third-order valence-corrected chi connectivity index (χ3v) is 4.02. The summed E-state index contributed by atoms with van der Waals surface area (Å²) in [6, 6.07) is 4.42. The van der Waals surface area contributed by atoms with E-state index in [-0.39, 0.29) is 12.3 Å². The van der Waals surface area contributed by atoms with Crippen LogP contribution in [0.1, 0.15) is 11.8 Å². The zero-order valence-electron chi connectivity index (χ0n) is 9.83. The Balaban J connectivity index is 2.24. The Hall–Kier alpha value is 0.0600. The molecule has 5 heteroatoms. The second-order valence-corrected chi connectivity index (χ2v) is 6.09. The minimum absolute atomic E-state index is 0.185. The van der Waals surface area contributed by atoms with Gasteiger partial charge in [0.25, 0.3) is 0 Å². The Kier molecular flexibility index (Phi) is 6.53. The third-order valence-electron chi connectivity index (χ3n) is 2.34. The molecule has 1 unspecified atom stereocenters. The van der Waals surface area contributed by atoms with E-state index in [1.54, 1.807) is 25.6 Å². The molecule has 0 fully saturated rings. The monoisotopic (exact) mass is 307 g/mol. The second-order valence-electron chi connectivity index (χ2n) is 3.54. The third kappa shape index (κ3) is 4.51. The maximum atomic E-state index is 5.18. The molecule has 0 aliphatic heterocycles. The lowest BCUT2D eigenvalue weighted by Gasteiger charge is -2.21. The van der Waals surface area contributed by atoms with Gasteiger partial charge in [0.05, 0.1) is 9.83 Å². The van der Waals surface area contributed by atoms with Crippen molar-refractivity contribution in [1.29, 1.82) is 0 Å². The molecule has 3 nitrogen and oxygen atoms in total. The zero-order chi connectivity index (χ0) is 12.0. The quantitative estimate of drug-likeness (QED) is 0.786. The van der Waals surface area contributed by atoms with Crippen LogP contribution in [0, 0.1) is 0 Å². The summed E-state index contributed by atoms with van der Waals surface area (Å²) in [6.45, 7) is 2.99. The van der Waals surface area contributed by atoms with Gasteiger partial charge in [0.15, 0.2) is 6.29 Å². The van der Waals surface area contributed by atoms with Crippen LogP contribution >= 0.6 is 27.3 Å². The molecule has 1 N–H and O–H groups in total. The fraction of sp³-hybridized carbons (Fsp3) is 0.636. The van der Waals surface area contributed by atoms with E-state index < -0.39 is 0 Å². The number of halogens is 1. The number of hydrogen-bond acceptors (Lipinski definition) is 4. The molecule has 0 aliphatic rings. The van der Waals surface area contributed by atoms with Gasteiger partial charge < -0.3 is 14.8 Å². The van der Waals surface area contributed by atoms with Crippen LogP contribution in [0.3, 0.4) is 0 Å². The molecule has 1 heterocycles. The van der Waals surface area contributed by atoms with Crippen LogP contribution < -0.4 is 5.32 Å². The molecule has 1 rings (SSSR count). The van der Waals surface area contributed by atoms with Crippen molar-refractivity contribution in [2.24, 2.45) is 0 Å². The molecule has 0 radical (unpaired) electrons. The SMILES string of the molecule is COC(OC)C(C)NCCc1ccc(Br)s1. The lowest BCUT2D eigenvalue weighted by atomic mass is 10.3. The first kappa shape index (κ1) is 14.1. The van der Waals surface area contributed by atoms with Crippen molar-refractivity contribution in [3.8, 4) is 0 Å². The van der Waals surface area contributed by atoms with E-state index in [0.29, 0.717) is 0 Å². The highest BCUT2D eigenvalue weighted by molar-refractivity contribution is 9.11. The normalized spacial score (nSPS) is 13.3. The first-order valence-corrected chi connectivity index (χ1v) is 6.81. The molecule has 92 valence electrons. The molecular formula is C11H18BrNO2S. The zero-order valence-corrected chi connectivity index (χ0v) is 12.2. The van der Waals surface area contributed by atoms with E-state index >= 15 is 0 Å². The fourth-order valence-corrected chi connectivity index (χ4v) is 2.99. The van der Waals surface area contributed by atoms with Crippen LogP contribution in [0.25, 0.3) is 0 Å². The summed E-state index contributed by atoms with van der Waals surface area (Å²) in [4.78, 5) is 1.37. The predicted molar refractivity (Wildman–Crippen MR) is 71.0 cm³/mol. The summed E-state index contributed by atoms with van der Waals surface area (Å²) in [7, 11) is 3.31. The molecule has 1 aromatic rings. The maximum Gasteiger partial charge on any atom is 0.171 e. The molecule has 0 saturated heterocycles. The Labute approximate surface area is 109 Å². The van der Waals surface area contributed by atoms with Gasteiger partial charge in [-0.3, -0.25) is 0 Å². The highest BCUT2D eigenvalue weighted by Crippen LogP contribution is 2.22. The molecule has 0 bridgehead atoms. The van der Waals surface area contributed by atoms with Crippen LogP contribution in [0.15, 0.2) is 15.9 Å². The largest absolute Gasteiger partial charge is 0.354 e. The van der Waals surface area contributed by atoms with Gasteiger partial charge in [0.2, 0.25) is 0 Å². The number of hydrogen-bond donors (Lipinski definition) is 1. The lowest BCUT2D eigenvalue weighted by Crippen LogP contribution is -2.40. The van der Waals surface area contributed by atoms with Crippen LogP contribution in [-0.4, -0.2) is 33.1 Å².